The van der Waals surface area contributed by atoms with Gasteiger partial charge in [0, 0.05) is 24.8 Å². The van der Waals surface area contributed by atoms with Crippen LogP contribution in [-0.2, 0) is 4.74 Å². The van der Waals surface area contributed by atoms with E-state index in [0.29, 0.717) is 0 Å². The first-order valence-corrected chi connectivity index (χ1v) is 6.05. The normalized spacial score (nSPS) is 22.1. The Morgan fingerprint density at radius 1 is 1.19 bits per heavy atom. The second-order valence-electron chi connectivity index (χ2n) is 4.56. The zero-order valence-corrected chi connectivity index (χ0v) is 9.81. The molecule has 0 radical (unpaired) electrons. The maximum atomic E-state index is 6.01. The van der Waals surface area contributed by atoms with Crippen LogP contribution in [0.25, 0.3) is 0 Å². The van der Waals surface area contributed by atoms with Gasteiger partial charge in [0.1, 0.15) is 0 Å². The molecule has 86 valence electrons. The van der Waals surface area contributed by atoms with Gasteiger partial charge in [-0.05, 0) is 31.0 Å². The van der Waals surface area contributed by atoms with Crippen molar-refractivity contribution in [1.29, 1.82) is 0 Å². The Balaban J connectivity index is 1.89. The van der Waals surface area contributed by atoms with Crippen molar-refractivity contribution in [1.82, 2.24) is 0 Å². The molecule has 1 saturated heterocycles. The maximum Gasteiger partial charge on any atom is 0.0595 e. The van der Waals surface area contributed by atoms with E-state index in [4.69, 9.17) is 16.3 Å². The number of halogens is 1. The zero-order valence-electron chi connectivity index (χ0n) is 9.05. The number of rotatable bonds is 0. The average Bonchev–Trinajstić information content (AvgIpc) is 2.29. The van der Waals surface area contributed by atoms with E-state index < -0.39 is 0 Å². The molecule has 0 bridgehead atoms. The Morgan fingerprint density at radius 3 is 2.81 bits per heavy atom. The number of ether oxygens (including phenoxy) is 1. The molecule has 0 unspecified atom stereocenters. The van der Waals surface area contributed by atoms with E-state index in [2.05, 4.69) is 10.6 Å². The van der Waals surface area contributed by atoms with Crippen molar-refractivity contribution < 1.29 is 4.74 Å². The van der Waals surface area contributed by atoms with Gasteiger partial charge in [0.05, 0.1) is 16.9 Å². The molecule has 3 rings (SSSR count). The smallest absolute Gasteiger partial charge is 0.0595 e. The molecule has 0 amide bonds. The van der Waals surface area contributed by atoms with Gasteiger partial charge in [-0.2, -0.15) is 0 Å². The molecular weight excluding hydrogens is 224 g/mol. The Kier molecular flexibility index (Phi) is 2.45. The van der Waals surface area contributed by atoms with Gasteiger partial charge in [-0.25, -0.2) is 0 Å². The van der Waals surface area contributed by atoms with Gasteiger partial charge in [0.2, 0.25) is 0 Å². The molecule has 16 heavy (non-hydrogen) atoms. The predicted octanol–water partition coefficient (Wildman–Crippen LogP) is 2.73. The van der Waals surface area contributed by atoms with Crippen molar-refractivity contribution in [3.8, 4) is 0 Å². The molecule has 0 aliphatic carbocycles. The molecule has 0 atom stereocenters. The monoisotopic (exact) mass is 238 g/mol. The van der Waals surface area contributed by atoms with Gasteiger partial charge in [-0.1, -0.05) is 11.6 Å². The highest BCUT2D eigenvalue weighted by atomic mass is 35.5. The van der Waals surface area contributed by atoms with Crippen LogP contribution < -0.4 is 10.6 Å². The fourth-order valence-electron chi connectivity index (χ4n) is 2.43. The van der Waals surface area contributed by atoms with Gasteiger partial charge in [-0.15, -0.1) is 0 Å². The van der Waals surface area contributed by atoms with Crippen molar-refractivity contribution in [3.63, 3.8) is 0 Å². The number of hydrogen-bond donors (Lipinski definition) is 2. The molecule has 2 heterocycles. The van der Waals surface area contributed by atoms with E-state index in [-0.39, 0.29) is 5.54 Å². The van der Waals surface area contributed by atoms with Crippen molar-refractivity contribution in [3.05, 3.63) is 23.2 Å². The van der Waals surface area contributed by atoms with Gasteiger partial charge in [0.25, 0.3) is 0 Å². The van der Waals surface area contributed by atoms with Crippen LogP contribution in [0, 0.1) is 0 Å². The van der Waals surface area contributed by atoms with Crippen molar-refractivity contribution in [2.45, 2.75) is 18.4 Å². The number of nitrogens with one attached hydrogen (secondary N) is 2. The highest BCUT2D eigenvalue weighted by Crippen LogP contribution is 2.36. The van der Waals surface area contributed by atoms with E-state index in [1.807, 2.05) is 18.2 Å². The highest BCUT2D eigenvalue weighted by molar-refractivity contribution is 6.31. The summed E-state index contributed by atoms with van der Waals surface area (Å²) in [5.41, 5.74) is 2.40. The van der Waals surface area contributed by atoms with Crippen molar-refractivity contribution in [2.24, 2.45) is 0 Å². The highest BCUT2D eigenvalue weighted by Gasteiger charge is 2.35. The maximum absolute atomic E-state index is 6.01. The van der Waals surface area contributed by atoms with Crippen LogP contribution in [0.15, 0.2) is 18.2 Å². The van der Waals surface area contributed by atoms with Crippen LogP contribution >= 0.6 is 11.6 Å². The molecule has 2 N–H and O–H groups in total. The largest absolute Gasteiger partial charge is 0.381 e. The minimum atomic E-state index is 0.149. The molecular formula is C12H15ClN2O. The topological polar surface area (TPSA) is 33.3 Å². The molecule has 3 nitrogen and oxygen atoms in total. The molecule has 2 aliphatic rings. The molecule has 0 saturated carbocycles. The first-order valence-electron chi connectivity index (χ1n) is 5.67. The summed E-state index contributed by atoms with van der Waals surface area (Å²) in [5, 5.41) is 7.88. The van der Waals surface area contributed by atoms with E-state index in [1.165, 1.54) is 0 Å². The molecule has 1 aromatic carbocycles. The van der Waals surface area contributed by atoms with Crippen molar-refractivity contribution >= 4 is 23.0 Å². The third kappa shape index (κ3) is 1.74. The Morgan fingerprint density at radius 2 is 2.00 bits per heavy atom. The van der Waals surface area contributed by atoms with Gasteiger partial charge < -0.3 is 15.4 Å². The lowest BCUT2D eigenvalue weighted by Crippen LogP contribution is -2.51. The number of benzene rings is 1. The Bertz CT molecular complexity index is 402. The fraction of sp³-hybridized carbons (Fsp3) is 0.500. The van der Waals surface area contributed by atoms with Crippen LogP contribution in [0.2, 0.25) is 5.02 Å². The van der Waals surface area contributed by atoms with Crippen LogP contribution in [0.3, 0.4) is 0 Å². The van der Waals surface area contributed by atoms with Crippen LogP contribution in [0.4, 0.5) is 11.4 Å². The quantitative estimate of drug-likeness (QED) is 0.729. The summed E-state index contributed by atoms with van der Waals surface area (Å²) in [6, 6.07) is 5.92. The van der Waals surface area contributed by atoms with Crippen LogP contribution in [0.1, 0.15) is 12.8 Å². The van der Waals surface area contributed by atoms with Gasteiger partial charge in [-0.3, -0.25) is 0 Å². The summed E-state index contributed by atoms with van der Waals surface area (Å²) in [6.45, 7) is 2.64. The summed E-state index contributed by atoms with van der Waals surface area (Å²) < 4.78 is 5.41. The average molecular weight is 239 g/mol. The molecule has 1 aromatic rings. The summed E-state index contributed by atoms with van der Waals surface area (Å²) in [6.07, 6.45) is 2.10. The number of anilines is 2. The minimum Gasteiger partial charge on any atom is -0.381 e. The van der Waals surface area contributed by atoms with Crippen LogP contribution in [-0.4, -0.2) is 25.3 Å². The van der Waals surface area contributed by atoms with Crippen LogP contribution in [0.5, 0.6) is 0 Å². The van der Waals surface area contributed by atoms with E-state index in [0.717, 1.165) is 49.0 Å². The molecule has 0 aromatic heterocycles. The summed E-state index contributed by atoms with van der Waals surface area (Å²) in [4.78, 5) is 0. The molecule has 1 fully saturated rings. The Hall–Kier alpha value is -0.930. The molecule has 4 heteroatoms. The predicted molar refractivity (Wildman–Crippen MR) is 66.3 cm³/mol. The van der Waals surface area contributed by atoms with E-state index in [9.17, 15) is 0 Å². The van der Waals surface area contributed by atoms with Gasteiger partial charge in [0.15, 0.2) is 0 Å². The minimum absolute atomic E-state index is 0.149. The van der Waals surface area contributed by atoms with E-state index >= 15 is 0 Å². The Labute approximate surface area is 100 Å². The first-order chi connectivity index (χ1) is 7.77. The fourth-order valence-corrected chi connectivity index (χ4v) is 2.60. The van der Waals surface area contributed by atoms with Crippen molar-refractivity contribution in [2.75, 3.05) is 30.4 Å². The standard InChI is InChI=1S/C12H15ClN2O/c13-9-1-2-10-11(7-9)15-12(8-14-10)3-5-16-6-4-12/h1-2,7,14-15H,3-6,8H2. The number of fused-ring (bicyclic) bond motifs is 1. The number of hydrogen-bond acceptors (Lipinski definition) is 3. The summed E-state index contributed by atoms with van der Waals surface area (Å²) in [5.74, 6) is 0. The summed E-state index contributed by atoms with van der Waals surface area (Å²) in [7, 11) is 0. The van der Waals surface area contributed by atoms with Gasteiger partial charge >= 0.3 is 0 Å². The second kappa shape index (κ2) is 3.82. The first kappa shape index (κ1) is 10.2. The molecule has 1 spiro atoms. The molecule has 2 aliphatic heterocycles. The van der Waals surface area contributed by atoms with E-state index in [1.54, 1.807) is 0 Å². The summed E-state index contributed by atoms with van der Waals surface area (Å²) >= 11 is 6.01. The lowest BCUT2D eigenvalue weighted by molar-refractivity contribution is 0.0635. The second-order valence-corrected chi connectivity index (χ2v) is 5.00. The lowest BCUT2D eigenvalue weighted by atomic mass is 9.87. The zero-order chi connectivity index (χ0) is 11.0. The third-order valence-electron chi connectivity index (χ3n) is 3.45. The third-order valence-corrected chi connectivity index (χ3v) is 3.68. The SMILES string of the molecule is Clc1ccc2c(c1)NC1(CCOCC1)CN2. The lowest BCUT2D eigenvalue weighted by Gasteiger charge is -2.43.